The lowest BCUT2D eigenvalue weighted by Gasteiger charge is -2.18. The van der Waals surface area contributed by atoms with Gasteiger partial charge >= 0.3 is 0 Å². The summed E-state index contributed by atoms with van der Waals surface area (Å²) in [5, 5.41) is 15.4. The van der Waals surface area contributed by atoms with Crippen molar-refractivity contribution in [1.29, 1.82) is 0 Å². The van der Waals surface area contributed by atoms with Crippen LogP contribution < -0.4 is 10.1 Å². The second-order valence-corrected chi connectivity index (χ2v) is 6.70. The van der Waals surface area contributed by atoms with E-state index in [1.54, 1.807) is 7.11 Å². The third-order valence-corrected chi connectivity index (χ3v) is 5.05. The number of nitrogens with one attached hydrogen (secondary N) is 1. The summed E-state index contributed by atoms with van der Waals surface area (Å²) >= 11 is 0. The van der Waals surface area contributed by atoms with E-state index >= 15 is 0 Å². The van der Waals surface area contributed by atoms with Gasteiger partial charge in [-0.2, -0.15) is 0 Å². The van der Waals surface area contributed by atoms with Crippen LogP contribution in [-0.4, -0.2) is 24.2 Å². The Morgan fingerprint density at radius 2 is 2.00 bits per heavy atom. The molecule has 0 saturated heterocycles. The van der Waals surface area contributed by atoms with Gasteiger partial charge in [0.05, 0.1) is 25.7 Å². The SMILES string of the molecule is COc1ccc2cccc(CC(=O)N[C@@H]3c4ccccc4C[C@@H]3O)c2c1. The van der Waals surface area contributed by atoms with Crippen LogP contribution in [0.1, 0.15) is 22.7 Å². The highest BCUT2D eigenvalue weighted by atomic mass is 16.5. The van der Waals surface area contributed by atoms with Crippen LogP contribution >= 0.6 is 0 Å². The topological polar surface area (TPSA) is 58.6 Å². The molecule has 0 bridgehead atoms. The first-order chi connectivity index (χ1) is 12.7. The Bertz CT molecular complexity index is 967. The maximum atomic E-state index is 12.7. The molecule has 1 aliphatic carbocycles. The first-order valence-corrected chi connectivity index (χ1v) is 8.76. The Kier molecular flexibility index (Phi) is 4.35. The number of benzene rings is 3. The summed E-state index contributed by atoms with van der Waals surface area (Å²) in [4.78, 5) is 12.7. The molecule has 0 spiro atoms. The average Bonchev–Trinajstić information content (AvgIpc) is 2.97. The summed E-state index contributed by atoms with van der Waals surface area (Å²) in [7, 11) is 1.63. The van der Waals surface area contributed by atoms with Gasteiger partial charge in [0, 0.05) is 6.42 Å². The van der Waals surface area contributed by atoms with Gasteiger partial charge in [-0.25, -0.2) is 0 Å². The summed E-state index contributed by atoms with van der Waals surface area (Å²) in [5.41, 5.74) is 3.05. The molecule has 2 atom stereocenters. The third kappa shape index (κ3) is 3.04. The van der Waals surface area contributed by atoms with E-state index in [1.807, 2.05) is 60.7 Å². The summed E-state index contributed by atoms with van der Waals surface area (Å²) in [6.07, 6.45) is 0.256. The van der Waals surface area contributed by atoms with Gasteiger partial charge in [-0.15, -0.1) is 0 Å². The second kappa shape index (κ2) is 6.81. The zero-order chi connectivity index (χ0) is 18.1. The zero-order valence-electron chi connectivity index (χ0n) is 14.6. The monoisotopic (exact) mass is 347 g/mol. The third-order valence-electron chi connectivity index (χ3n) is 5.05. The quantitative estimate of drug-likeness (QED) is 0.762. The number of rotatable bonds is 4. The molecule has 0 unspecified atom stereocenters. The Hall–Kier alpha value is -2.85. The molecule has 26 heavy (non-hydrogen) atoms. The van der Waals surface area contributed by atoms with Crippen LogP contribution in [0.3, 0.4) is 0 Å². The van der Waals surface area contributed by atoms with Crippen LogP contribution in [0, 0.1) is 0 Å². The number of methoxy groups -OCH3 is 1. The smallest absolute Gasteiger partial charge is 0.225 e. The molecule has 3 aromatic rings. The molecule has 0 fully saturated rings. The van der Waals surface area contributed by atoms with Gasteiger partial charge in [0.2, 0.25) is 5.91 Å². The van der Waals surface area contributed by atoms with Crippen LogP contribution in [0.25, 0.3) is 10.8 Å². The first kappa shape index (κ1) is 16.6. The summed E-state index contributed by atoms with van der Waals surface area (Å²) in [6, 6.07) is 19.3. The van der Waals surface area contributed by atoms with Crippen LogP contribution in [0.2, 0.25) is 0 Å². The van der Waals surface area contributed by atoms with Gasteiger partial charge in [0.1, 0.15) is 5.75 Å². The average molecular weight is 347 g/mol. The van der Waals surface area contributed by atoms with Gasteiger partial charge in [0.25, 0.3) is 0 Å². The highest BCUT2D eigenvalue weighted by molar-refractivity contribution is 5.91. The lowest BCUT2D eigenvalue weighted by atomic mass is 10.0. The fraction of sp³-hybridized carbons (Fsp3) is 0.227. The number of ether oxygens (including phenoxy) is 1. The molecule has 4 nitrogen and oxygen atoms in total. The van der Waals surface area contributed by atoms with Crippen molar-refractivity contribution in [3.05, 3.63) is 77.4 Å². The minimum atomic E-state index is -0.580. The molecule has 1 aliphatic rings. The number of aliphatic hydroxyl groups excluding tert-OH is 1. The maximum Gasteiger partial charge on any atom is 0.225 e. The summed E-state index contributed by atoms with van der Waals surface area (Å²) in [5.74, 6) is 0.673. The number of carbonyl (C=O) groups excluding carboxylic acids is 1. The number of carbonyl (C=O) groups is 1. The first-order valence-electron chi connectivity index (χ1n) is 8.76. The minimum Gasteiger partial charge on any atom is -0.497 e. The van der Waals surface area contributed by atoms with E-state index in [0.29, 0.717) is 6.42 Å². The normalized spacial score (nSPS) is 18.5. The number of aliphatic hydroxyl groups is 1. The second-order valence-electron chi connectivity index (χ2n) is 6.70. The molecule has 0 heterocycles. The van der Waals surface area contributed by atoms with Gasteiger partial charge in [0.15, 0.2) is 0 Å². The molecule has 4 heteroatoms. The Balaban J connectivity index is 1.57. The number of hydrogen-bond donors (Lipinski definition) is 2. The van der Waals surface area contributed by atoms with Gasteiger partial charge in [-0.05, 0) is 39.6 Å². The molecular formula is C22H21NO3. The molecule has 0 aromatic heterocycles. The van der Waals surface area contributed by atoms with Crippen LogP contribution in [-0.2, 0) is 17.6 Å². The molecule has 3 aromatic carbocycles. The van der Waals surface area contributed by atoms with E-state index in [4.69, 9.17) is 4.74 Å². The van der Waals surface area contributed by atoms with Gasteiger partial charge in [-0.1, -0.05) is 48.5 Å². The Morgan fingerprint density at radius 3 is 2.85 bits per heavy atom. The number of amides is 1. The fourth-order valence-corrected chi connectivity index (χ4v) is 3.74. The van der Waals surface area contributed by atoms with Crippen LogP contribution in [0.5, 0.6) is 5.75 Å². The van der Waals surface area contributed by atoms with Gasteiger partial charge in [-0.3, -0.25) is 4.79 Å². The van der Waals surface area contributed by atoms with Crippen molar-refractivity contribution < 1.29 is 14.6 Å². The fourth-order valence-electron chi connectivity index (χ4n) is 3.74. The largest absolute Gasteiger partial charge is 0.497 e. The molecule has 1 amide bonds. The highest BCUT2D eigenvalue weighted by Gasteiger charge is 2.31. The van der Waals surface area contributed by atoms with Crippen molar-refractivity contribution >= 4 is 16.7 Å². The predicted molar refractivity (Wildman–Crippen MR) is 101 cm³/mol. The van der Waals surface area contributed by atoms with E-state index in [0.717, 1.165) is 33.2 Å². The zero-order valence-corrected chi connectivity index (χ0v) is 14.6. The van der Waals surface area contributed by atoms with Crippen molar-refractivity contribution in [2.75, 3.05) is 7.11 Å². The number of hydrogen-bond acceptors (Lipinski definition) is 3. The Morgan fingerprint density at radius 1 is 1.15 bits per heavy atom. The van der Waals surface area contributed by atoms with Crippen molar-refractivity contribution in [3.63, 3.8) is 0 Å². The van der Waals surface area contributed by atoms with E-state index in [2.05, 4.69) is 5.32 Å². The molecule has 0 saturated carbocycles. The van der Waals surface area contributed by atoms with Gasteiger partial charge < -0.3 is 15.2 Å². The standard InChI is InChI=1S/C22H21NO3/c1-26-17-10-9-14-6-4-7-16(19(14)13-17)12-21(25)23-22-18-8-3-2-5-15(18)11-20(22)24/h2-10,13,20,22,24H,11-12H2,1H3,(H,23,25)/t20-,22+/m0/s1. The van der Waals surface area contributed by atoms with E-state index in [1.165, 1.54) is 0 Å². The minimum absolute atomic E-state index is 0.0962. The van der Waals surface area contributed by atoms with Crippen molar-refractivity contribution in [3.8, 4) is 5.75 Å². The number of fused-ring (bicyclic) bond motifs is 2. The molecule has 2 N–H and O–H groups in total. The Labute approximate surface area is 152 Å². The molecule has 0 aliphatic heterocycles. The van der Waals surface area contributed by atoms with E-state index in [9.17, 15) is 9.90 Å². The maximum absolute atomic E-state index is 12.7. The predicted octanol–water partition coefficient (Wildman–Crippen LogP) is 3.17. The van der Waals surface area contributed by atoms with E-state index < -0.39 is 6.10 Å². The lowest BCUT2D eigenvalue weighted by molar-refractivity contribution is -0.121. The molecule has 0 radical (unpaired) electrons. The molecular weight excluding hydrogens is 326 g/mol. The van der Waals surface area contributed by atoms with Crippen LogP contribution in [0.4, 0.5) is 0 Å². The van der Waals surface area contributed by atoms with Crippen molar-refractivity contribution in [2.45, 2.75) is 25.0 Å². The van der Waals surface area contributed by atoms with Crippen molar-refractivity contribution in [2.24, 2.45) is 0 Å². The van der Waals surface area contributed by atoms with Crippen molar-refractivity contribution in [1.82, 2.24) is 5.32 Å². The molecule has 132 valence electrons. The summed E-state index contributed by atoms with van der Waals surface area (Å²) < 4.78 is 5.31. The van der Waals surface area contributed by atoms with E-state index in [-0.39, 0.29) is 18.4 Å². The lowest BCUT2D eigenvalue weighted by Crippen LogP contribution is -2.34. The highest BCUT2D eigenvalue weighted by Crippen LogP contribution is 2.31. The van der Waals surface area contributed by atoms with Crippen LogP contribution in [0.15, 0.2) is 60.7 Å². The summed E-state index contributed by atoms with van der Waals surface area (Å²) in [6.45, 7) is 0. The molecule has 4 rings (SSSR count).